The predicted molar refractivity (Wildman–Crippen MR) is 323 cm³/mol. The largest absolute Gasteiger partial charge is 0.384 e. The molecule has 0 aliphatic carbocycles. The van der Waals surface area contributed by atoms with Crippen molar-refractivity contribution in [3.63, 3.8) is 0 Å². The minimum Gasteiger partial charge on any atom is -0.384 e. The molecular formula is C68H73N5. The molecule has 5 nitrogen and oxygen atoms in total. The highest BCUT2D eigenvalue weighted by Gasteiger charge is 2.17. The monoisotopic (exact) mass is 960 g/mol. The molecule has 0 aliphatic heterocycles. The number of nitrogens with zero attached hydrogens (tertiary/aromatic N) is 3. The molecule has 12 rings (SSSR count). The standard InChI is InChI=1S/C48H31N3.C7H8N2.C4H8.C3H8.3C2H6/c1-3-13-36(14-4-1)50-44-20-9-8-19-40(44)43-29-33(23-25-46(43)50)32-12-11-17-38(28-32)49-27-26-35-30-42-34(31-47(35)49)22-24-41-39-18-7-10-21-45(39)51(48(41)42)37-15-5-2-6-16-37;8-7(9)6-4-2-1-3-5-6;1-3-4-2;1-3-2;3*1-2/h1-31H;1-5H,(H3,8,9);3-4H,1-2H3;3H2,1-2H3;3*1-2H3/b;;4-3-;;;;. The summed E-state index contributed by atoms with van der Waals surface area (Å²) in [6.45, 7) is 20.2. The lowest BCUT2D eigenvalue weighted by atomic mass is 10.0. The summed E-state index contributed by atoms with van der Waals surface area (Å²) in [5.74, 6) is 0.121. The normalized spacial score (nSPS) is 10.4. The predicted octanol–water partition coefficient (Wildman–Crippen LogP) is 19.7. The van der Waals surface area contributed by atoms with Crippen LogP contribution < -0.4 is 5.73 Å². The van der Waals surface area contributed by atoms with E-state index in [1.54, 1.807) is 0 Å². The minimum absolute atomic E-state index is 0.121. The lowest BCUT2D eigenvalue weighted by Crippen LogP contribution is -2.10. The number of amidine groups is 1. The number of aromatic nitrogens is 3. The summed E-state index contributed by atoms with van der Waals surface area (Å²) in [5.41, 5.74) is 18.0. The van der Waals surface area contributed by atoms with Crippen molar-refractivity contribution in [1.82, 2.24) is 13.7 Å². The van der Waals surface area contributed by atoms with Gasteiger partial charge in [-0.25, -0.2) is 0 Å². The van der Waals surface area contributed by atoms with Crippen molar-refractivity contribution in [1.29, 1.82) is 5.41 Å². The van der Waals surface area contributed by atoms with Crippen molar-refractivity contribution in [3.05, 3.63) is 236 Å². The van der Waals surface area contributed by atoms with Crippen LogP contribution in [0.1, 0.15) is 81.2 Å². The van der Waals surface area contributed by atoms with Gasteiger partial charge in [0.15, 0.2) is 0 Å². The summed E-state index contributed by atoms with van der Waals surface area (Å²) in [4.78, 5) is 0. The number of rotatable bonds is 5. The van der Waals surface area contributed by atoms with Crippen molar-refractivity contribution < 1.29 is 0 Å². The fourth-order valence-electron chi connectivity index (χ4n) is 8.94. The summed E-state index contributed by atoms with van der Waals surface area (Å²) in [6, 6.07) is 75.4. The smallest absolute Gasteiger partial charge is 0.122 e. The van der Waals surface area contributed by atoms with E-state index in [0.29, 0.717) is 0 Å². The van der Waals surface area contributed by atoms with E-state index in [2.05, 4.69) is 216 Å². The van der Waals surface area contributed by atoms with Crippen molar-refractivity contribution in [3.8, 4) is 28.2 Å². The number of nitrogens with two attached hydrogens (primary N) is 1. The molecule has 0 spiro atoms. The van der Waals surface area contributed by atoms with Crippen molar-refractivity contribution in [2.75, 3.05) is 0 Å². The zero-order valence-electron chi connectivity index (χ0n) is 44.6. The van der Waals surface area contributed by atoms with Gasteiger partial charge in [0, 0.05) is 61.1 Å². The van der Waals surface area contributed by atoms with Gasteiger partial charge in [-0.3, -0.25) is 5.41 Å². The molecule has 3 heterocycles. The Morgan fingerprint density at radius 3 is 1.48 bits per heavy atom. The van der Waals surface area contributed by atoms with Gasteiger partial charge in [-0.15, -0.1) is 0 Å². The van der Waals surface area contributed by atoms with Crippen LogP contribution in [-0.4, -0.2) is 19.5 Å². The molecule has 73 heavy (non-hydrogen) atoms. The number of nitrogen functional groups attached to an aromatic ring is 1. The molecule has 5 heteroatoms. The molecule has 0 bridgehead atoms. The van der Waals surface area contributed by atoms with Gasteiger partial charge < -0.3 is 19.4 Å². The number of hydrogen-bond donors (Lipinski definition) is 2. The molecule has 0 saturated heterocycles. The first kappa shape index (κ1) is 53.9. The number of fused-ring (bicyclic) bond motifs is 9. The summed E-state index contributed by atoms with van der Waals surface area (Å²) in [7, 11) is 0. The van der Waals surface area contributed by atoms with Gasteiger partial charge in [0.05, 0.1) is 27.6 Å². The Balaban J connectivity index is 0.000000337. The quantitative estimate of drug-likeness (QED) is 0.101. The Morgan fingerprint density at radius 2 is 0.904 bits per heavy atom. The van der Waals surface area contributed by atoms with Crippen molar-refractivity contribution >= 4 is 71.1 Å². The third-order valence-corrected chi connectivity index (χ3v) is 12.0. The molecule has 0 atom stereocenters. The average molecular weight is 960 g/mol. The maximum Gasteiger partial charge on any atom is 0.122 e. The van der Waals surface area contributed by atoms with Crippen molar-refractivity contribution in [2.45, 2.75) is 75.7 Å². The van der Waals surface area contributed by atoms with Crippen LogP contribution in [0.5, 0.6) is 0 Å². The second-order valence-electron chi connectivity index (χ2n) is 16.6. The summed E-state index contributed by atoms with van der Waals surface area (Å²) >= 11 is 0. The Morgan fingerprint density at radius 1 is 0.411 bits per heavy atom. The number of para-hydroxylation sites is 4. The number of nitrogens with one attached hydrogen (secondary N) is 1. The highest BCUT2D eigenvalue weighted by molar-refractivity contribution is 6.20. The first-order valence-corrected chi connectivity index (χ1v) is 26.1. The fourth-order valence-corrected chi connectivity index (χ4v) is 8.94. The van der Waals surface area contributed by atoms with Crippen LogP contribution in [0.4, 0.5) is 0 Å². The molecule has 0 saturated carbocycles. The zero-order chi connectivity index (χ0) is 52.3. The summed E-state index contributed by atoms with van der Waals surface area (Å²) < 4.78 is 7.12. The van der Waals surface area contributed by atoms with Gasteiger partial charge in [-0.2, -0.15) is 0 Å². The molecule has 370 valence electrons. The van der Waals surface area contributed by atoms with Crippen LogP contribution >= 0.6 is 0 Å². The highest BCUT2D eigenvalue weighted by Crippen LogP contribution is 2.39. The van der Waals surface area contributed by atoms with Crippen LogP contribution in [0.25, 0.3) is 93.5 Å². The van der Waals surface area contributed by atoms with Gasteiger partial charge in [0.2, 0.25) is 0 Å². The van der Waals surface area contributed by atoms with E-state index in [1.807, 2.05) is 97.9 Å². The molecule has 3 N–H and O–H groups in total. The van der Waals surface area contributed by atoms with Crippen LogP contribution in [0, 0.1) is 5.41 Å². The first-order valence-electron chi connectivity index (χ1n) is 26.1. The minimum atomic E-state index is 0.121. The van der Waals surface area contributed by atoms with E-state index in [-0.39, 0.29) is 5.84 Å². The molecule has 3 aromatic heterocycles. The molecule has 0 aliphatic rings. The maximum absolute atomic E-state index is 7.01. The van der Waals surface area contributed by atoms with Crippen molar-refractivity contribution in [2.24, 2.45) is 5.73 Å². The van der Waals surface area contributed by atoms with E-state index in [1.165, 1.54) is 94.2 Å². The fraction of sp³-hybridized carbons (Fsp3) is 0.162. The molecular weight excluding hydrogens is 887 g/mol. The third-order valence-electron chi connectivity index (χ3n) is 12.0. The number of allylic oxidation sites excluding steroid dienone is 2. The molecule has 9 aromatic carbocycles. The lowest BCUT2D eigenvalue weighted by molar-refractivity contribution is 1.09. The second-order valence-corrected chi connectivity index (χ2v) is 16.6. The van der Waals surface area contributed by atoms with Gasteiger partial charge in [0.25, 0.3) is 0 Å². The van der Waals surface area contributed by atoms with Crippen LogP contribution in [0.15, 0.2) is 231 Å². The lowest BCUT2D eigenvalue weighted by Gasteiger charge is -2.12. The van der Waals surface area contributed by atoms with Gasteiger partial charge in [-0.05, 0) is 109 Å². The topological polar surface area (TPSA) is 64.7 Å². The molecule has 0 radical (unpaired) electrons. The van der Waals surface area contributed by atoms with E-state index in [9.17, 15) is 0 Å². The van der Waals surface area contributed by atoms with E-state index in [4.69, 9.17) is 11.1 Å². The third kappa shape index (κ3) is 11.7. The molecule has 12 aromatic rings. The number of benzene rings is 9. The van der Waals surface area contributed by atoms with Gasteiger partial charge >= 0.3 is 0 Å². The Bertz CT molecular complexity index is 3660. The first-order chi connectivity index (χ1) is 35.9. The summed E-state index contributed by atoms with van der Waals surface area (Å²) in [6.07, 6.45) is 7.46. The number of hydrogen-bond acceptors (Lipinski definition) is 1. The molecule has 0 fully saturated rings. The SMILES string of the molecule is C/C=C\C.CC.CC.CC.CCC.N=C(N)c1ccccc1.c1ccc(-n2c3ccccc3c3cc(-c4cccc(-n5ccc6cc7c(ccc8c9ccccc9n(-c9ccccc9)c78)cc65)c4)ccc32)cc1. The Kier molecular flexibility index (Phi) is 19.7. The van der Waals surface area contributed by atoms with E-state index < -0.39 is 0 Å². The average Bonchev–Trinajstić information content (AvgIpc) is 4.15. The zero-order valence-corrected chi connectivity index (χ0v) is 44.6. The molecule has 0 unspecified atom stereocenters. The van der Waals surface area contributed by atoms with Gasteiger partial charge in [0.1, 0.15) is 5.84 Å². The molecule has 0 amide bonds. The van der Waals surface area contributed by atoms with Crippen LogP contribution in [0.2, 0.25) is 0 Å². The van der Waals surface area contributed by atoms with Gasteiger partial charge in [-0.1, -0.05) is 207 Å². The Labute approximate surface area is 434 Å². The summed E-state index contributed by atoms with van der Waals surface area (Å²) in [5, 5.41) is 15.8. The van der Waals surface area contributed by atoms with Crippen LogP contribution in [-0.2, 0) is 0 Å². The van der Waals surface area contributed by atoms with Crippen LogP contribution in [0.3, 0.4) is 0 Å². The Hall–Kier alpha value is -8.41. The van der Waals surface area contributed by atoms with E-state index in [0.717, 1.165) is 11.3 Å². The second kappa shape index (κ2) is 26.7. The maximum atomic E-state index is 7.01. The van der Waals surface area contributed by atoms with E-state index >= 15 is 0 Å². The highest BCUT2D eigenvalue weighted by atomic mass is 15.0.